The number of methoxy groups -OCH3 is 1. The Kier molecular flexibility index (Phi) is 8.06. The van der Waals surface area contributed by atoms with Crippen molar-refractivity contribution in [3.63, 3.8) is 0 Å². The molecule has 0 aliphatic heterocycles. The van der Waals surface area contributed by atoms with Crippen molar-refractivity contribution in [2.24, 2.45) is 4.99 Å². The molecule has 0 amide bonds. The molecule has 0 aliphatic carbocycles. The zero-order chi connectivity index (χ0) is 17.3. The van der Waals surface area contributed by atoms with Gasteiger partial charge in [0.1, 0.15) is 0 Å². The largest absolute Gasteiger partial charge is 0.383 e. The number of hydrogen-bond donors (Lipinski definition) is 2. The molecule has 5 nitrogen and oxygen atoms in total. The van der Waals surface area contributed by atoms with E-state index in [2.05, 4.69) is 67.6 Å². The first kappa shape index (κ1) is 19.5. The van der Waals surface area contributed by atoms with Crippen LogP contribution in [0.2, 0.25) is 0 Å². The van der Waals surface area contributed by atoms with Crippen molar-refractivity contribution in [3.8, 4) is 0 Å². The average molecular weight is 321 g/mol. The summed E-state index contributed by atoms with van der Waals surface area (Å²) >= 11 is 0. The molecule has 1 rings (SSSR count). The second-order valence-electron chi connectivity index (χ2n) is 6.65. The van der Waals surface area contributed by atoms with Crippen LogP contribution in [0, 0.1) is 0 Å². The van der Waals surface area contributed by atoms with E-state index in [1.165, 1.54) is 11.1 Å². The van der Waals surface area contributed by atoms with Gasteiger partial charge in [0.25, 0.3) is 0 Å². The molecular weight excluding hydrogens is 290 g/mol. The Balaban J connectivity index is 2.53. The molecule has 0 aliphatic rings. The van der Waals surface area contributed by atoms with Crippen LogP contribution in [-0.4, -0.2) is 38.4 Å². The maximum atomic E-state index is 5.83. The van der Waals surface area contributed by atoms with E-state index < -0.39 is 0 Å². The highest BCUT2D eigenvalue weighted by Gasteiger charge is 2.10. The van der Waals surface area contributed by atoms with Gasteiger partial charge in [0.2, 0.25) is 0 Å². The number of ether oxygens (including phenoxy) is 2. The third-order valence-electron chi connectivity index (χ3n) is 3.15. The van der Waals surface area contributed by atoms with Crippen LogP contribution in [0.5, 0.6) is 0 Å². The molecule has 130 valence electrons. The Hall–Kier alpha value is -1.59. The maximum Gasteiger partial charge on any atom is 0.191 e. The van der Waals surface area contributed by atoms with E-state index in [4.69, 9.17) is 9.47 Å². The average Bonchev–Trinajstić information content (AvgIpc) is 2.49. The van der Waals surface area contributed by atoms with Gasteiger partial charge in [0.15, 0.2) is 5.96 Å². The highest BCUT2D eigenvalue weighted by molar-refractivity contribution is 5.79. The first-order chi connectivity index (χ1) is 10.8. The Labute approximate surface area is 140 Å². The second kappa shape index (κ2) is 9.53. The Morgan fingerprint density at radius 3 is 2.57 bits per heavy atom. The minimum atomic E-state index is -0.127. The van der Waals surface area contributed by atoms with Crippen molar-refractivity contribution in [1.82, 2.24) is 10.6 Å². The quantitative estimate of drug-likeness (QED) is 0.599. The molecular formula is C18H31N3O2. The lowest BCUT2D eigenvalue weighted by molar-refractivity contribution is -0.0149. The van der Waals surface area contributed by atoms with Gasteiger partial charge in [-0.25, -0.2) is 0 Å². The van der Waals surface area contributed by atoms with Crippen LogP contribution in [0.3, 0.4) is 0 Å². The van der Waals surface area contributed by atoms with Crippen molar-refractivity contribution in [1.29, 1.82) is 0 Å². The highest BCUT2D eigenvalue weighted by atomic mass is 16.5. The third-order valence-corrected chi connectivity index (χ3v) is 3.15. The molecule has 1 atom stereocenters. The first-order valence-corrected chi connectivity index (χ1v) is 8.02. The molecule has 0 bridgehead atoms. The van der Waals surface area contributed by atoms with Crippen LogP contribution in [0.4, 0.5) is 0 Å². The lowest BCUT2D eigenvalue weighted by Crippen LogP contribution is -2.43. The molecule has 0 fully saturated rings. The smallest absolute Gasteiger partial charge is 0.191 e. The van der Waals surface area contributed by atoms with Crippen molar-refractivity contribution in [2.75, 3.05) is 20.8 Å². The molecule has 0 aromatic heterocycles. The predicted molar refractivity (Wildman–Crippen MR) is 95.7 cm³/mol. The van der Waals surface area contributed by atoms with Crippen molar-refractivity contribution < 1.29 is 9.47 Å². The summed E-state index contributed by atoms with van der Waals surface area (Å²) in [6.45, 7) is 10.2. The van der Waals surface area contributed by atoms with E-state index in [1.807, 2.05) is 0 Å². The Morgan fingerprint density at radius 1 is 1.26 bits per heavy atom. The summed E-state index contributed by atoms with van der Waals surface area (Å²) in [4.78, 5) is 4.23. The predicted octanol–water partition coefficient (Wildman–Crippen LogP) is 2.70. The molecule has 5 heteroatoms. The van der Waals surface area contributed by atoms with E-state index in [0.717, 1.165) is 5.96 Å². The van der Waals surface area contributed by atoms with Gasteiger partial charge in [0, 0.05) is 26.7 Å². The molecule has 2 N–H and O–H groups in total. The lowest BCUT2D eigenvalue weighted by Gasteiger charge is -2.20. The monoisotopic (exact) mass is 321 g/mol. The van der Waals surface area contributed by atoms with E-state index >= 15 is 0 Å². The molecule has 0 radical (unpaired) electrons. The number of guanidine groups is 1. The van der Waals surface area contributed by atoms with Gasteiger partial charge in [-0.05, 0) is 38.8 Å². The van der Waals surface area contributed by atoms with E-state index in [-0.39, 0.29) is 11.6 Å². The molecule has 0 saturated heterocycles. The fourth-order valence-electron chi connectivity index (χ4n) is 2.03. The summed E-state index contributed by atoms with van der Waals surface area (Å²) in [7, 11) is 3.46. The normalized spacial score (nSPS) is 13.7. The van der Waals surface area contributed by atoms with E-state index in [1.54, 1.807) is 14.2 Å². The summed E-state index contributed by atoms with van der Waals surface area (Å²) in [5.74, 6) is 0.769. The van der Waals surface area contributed by atoms with Gasteiger partial charge < -0.3 is 20.1 Å². The summed E-state index contributed by atoms with van der Waals surface area (Å²) < 4.78 is 10.9. The van der Waals surface area contributed by atoms with Gasteiger partial charge in [-0.2, -0.15) is 0 Å². The van der Waals surface area contributed by atoms with Gasteiger partial charge in [-0.15, -0.1) is 0 Å². The summed E-state index contributed by atoms with van der Waals surface area (Å²) in [6.07, 6.45) is 0. The number of aliphatic imine (C=N–C) groups is 1. The van der Waals surface area contributed by atoms with Gasteiger partial charge in [-0.1, -0.05) is 24.3 Å². The van der Waals surface area contributed by atoms with Crippen molar-refractivity contribution >= 4 is 5.96 Å². The number of hydrogen-bond acceptors (Lipinski definition) is 3. The highest BCUT2D eigenvalue weighted by Crippen LogP contribution is 2.13. The van der Waals surface area contributed by atoms with Crippen LogP contribution in [-0.2, 0) is 22.6 Å². The molecule has 0 spiro atoms. The zero-order valence-corrected chi connectivity index (χ0v) is 15.3. The molecule has 1 aromatic rings. The lowest BCUT2D eigenvalue weighted by atomic mass is 10.1. The van der Waals surface area contributed by atoms with Crippen LogP contribution in [0.15, 0.2) is 29.3 Å². The fraction of sp³-hybridized carbons (Fsp3) is 0.611. The second-order valence-corrected chi connectivity index (χ2v) is 6.65. The molecule has 0 saturated carbocycles. The molecule has 1 aromatic carbocycles. The number of rotatable bonds is 7. The third kappa shape index (κ3) is 8.57. The fourth-order valence-corrected chi connectivity index (χ4v) is 2.03. The molecule has 0 heterocycles. The topological polar surface area (TPSA) is 54.9 Å². The first-order valence-electron chi connectivity index (χ1n) is 8.02. The van der Waals surface area contributed by atoms with Crippen LogP contribution in [0.1, 0.15) is 38.8 Å². The van der Waals surface area contributed by atoms with Gasteiger partial charge in [-0.3, -0.25) is 4.99 Å². The summed E-state index contributed by atoms with van der Waals surface area (Å²) in [6, 6.07) is 8.60. The van der Waals surface area contributed by atoms with Crippen molar-refractivity contribution in [3.05, 3.63) is 35.4 Å². The van der Waals surface area contributed by atoms with Crippen LogP contribution in [0.25, 0.3) is 0 Å². The van der Waals surface area contributed by atoms with Crippen molar-refractivity contribution in [2.45, 2.75) is 52.5 Å². The molecule has 23 heavy (non-hydrogen) atoms. The summed E-state index contributed by atoms with van der Waals surface area (Å²) in [5.41, 5.74) is 2.25. The van der Waals surface area contributed by atoms with Crippen LogP contribution < -0.4 is 10.6 Å². The zero-order valence-electron chi connectivity index (χ0n) is 15.3. The standard InChI is InChI=1S/C18H31N3O2/c1-14(12-22-6)21-17(19-5)20-11-15-8-7-9-16(10-15)13-23-18(2,3)4/h7-10,14H,11-13H2,1-6H3,(H2,19,20,21). The van der Waals surface area contributed by atoms with Gasteiger partial charge >= 0.3 is 0 Å². The van der Waals surface area contributed by atoms with Crippen LogP contribution >= 0.6 is 0 Å². The number of nitrogens with one attached hydrogen (secondary N) is 2. The minimum Gasteiger partial charge on any atom is -0.383 e. The maximum absolute atomic E-state index is 5.83. The van der Waals surface area contributed by atoms with E-state index in [9.17, 15) is 0 Å². The number of benzene rings is 1. The van der Waals surface area contributed by atoms with E-state index in [0.29, 0.717) is 19.8 Å². The van der Waals surface area contributed by atoms with Gasteiger partial charge in [0.05, 0.1) is 18.8 Å². The summed E-state index contributed by atoms with van der Waals surface area (Å²) in [5, 5.41) is 6.60. The minimum absolute atomic E-state index is 0.127. The Morgan fingerprint density at radius 2 is 1.96 bits per heavy atom. The number of nitrogens with zero attached hydrogens (tertiary/aromatic N) is 1. The Bertz CT molecular complexity index is 495. The molecule has 1 unspecified atom stereocenters. The SMILES string of the molecule is CN=C(NCc1cccc(COC(C)(C)C)c1)NC(C)COC.